The Balaban J connectivity index is 3.02. The molecular weight excluding hydrogens is 260 g/mol. The third-order valence-corrected chi connectivity index (χ3v) is 3.42. The summed E-state index contributed by atoms with van der Waals surface area (Å²) in [5, 5.41) is 36.4. The maximum absolute atomic E-state index is 11.2. The molecule has 4 unspecified atom stereocenters. The highest BCUT2D eigenvalue weighted by molar-refractivity contribution is 9.10. The van der Waals surface area contributed by atoms with E-state index in [1.807, 2.05) is 0 Å². The fourth-order valence-electron chi connectivity index (χ4n) is 1.30. The number of rotatable bonds is 1. The van der Waals surface area contributed by atoms with Gasteiger partial charge in [0.1, 0.15) is 10.9 Å². The number of ketones is 1. The van der Waals surface area contributed by atoms with Gasteiger partial charge in [0.15, 0.2) is 11.4 Å². The second-order valence-electron chi connectivity index (χ2n) is 3.21. The lowest BCUT2D eigenvalue weighted by Crippen LogP contribution is -2.61. The van der Waals surface area contributed by atoms with Crippen molar-refractivity contribution in [3.63, 3.8) is 0 Å². The third kappa shape index (κ3) is 1.56. The summed E-state index contributed by atoms with van der Waals surface area (Å²) in [4.78, 5) is 20.4. The average molecular weight is 269 g/mol. The van der Waals surface area contributed by atoms with Crippen LogP contribution in [0, 0.1) is 0 Å². The minimum Gasteiger partial charge on any atom is -0.479 e. The highest BCUT2D eigenvalue weighted by atomic mass is 79.9. The Morgan fingerprint density at radius 3 is 2.43 bits per heavy atom. The average Bonchev–Trinajstić information content (AvgIpc) is 2.11. The molecule has 4 N–H and O–H groups in total. The summed E-state index contributed by atoms with van der Waals surface area (Å²) in [6.07, 6.45) is -3.80. The highest BCUT2D eigenvalue weighted by Gasteiger charge is 2.55. The Labute approximate surface area is 87.3 Å². The van der Waals surface area contributed by atoms with E-state index in [0.717, 1.165) is 0 Å². The third-order valence-electron chi connectivity index (χ3n) is 2.22. The number of carbonyl (C=O) groups is 2. The molecule has 1 aliphatic carbocycles. The van der Waals surface area contributed by atoms with Crippen molar-refractivity contribution in [2.75, 3.05) is 0 Å². The topological polar surface area (TPSA) is 115 Å². The van der Waals surface area contributed by atoms with Crippen LogP contribution in [0.2, 0.25) is 0 Å². The van der Waals surface area contributed by atoms with Gasteiger partial charge in [-0.05, 0) is 0 Å². The number of carboxylic acids is 1. The summed E-state index contributed by atoms with van der Waals surface area (Å²) in [6, 6.07) is 0. The number of hydrogen-bond acceptors (Lipinski definition) is 5. The molecule has 80 valence electrons. The predicted molar refractivity (Wildman–Crippen MR) is 46.9 cm³/mol. The second-order valence-corrected chi connectivity index (χ2v) is 4.13. The van der Waals surface area contributed by atoms with E-state index in [-0.39, 0.29) is 0 Å². The van der Waals surface area contributed by atoms with E-state index in [2.05, 4.69) is 15.9 Å². The van der Waals surface area contributed by atoms with Gasteiger partial charge in [0.2, 0.25) is 0 Å². The summed E-state index contributed by atoms with van der Waals surface area (Å²) in [5.74, 6) is -2.55. The Kier molecular flexibility index (Phi) is 2.96. The molecule has 0 bridgehead atoms. The van der Waals surface area contributed by atoms with Crippen LogP contribution in [0.4, 0.5) is 0 Å². The smallest absolute Gasteiger partial charge is 0.337 e. The summed E-state index contributed by atoms with van der Waals surface area (Å²) in [5.41, 5.74) is -2.37. The minimum absolute atomic E-state index is 0.592. The Hall–Kier alpha value is -0.500. The number of halogens is 1. The van der Waals surface area contributed by atoms with Crippen molar-refractivity contribution < 1.29 is 30.0 Å². The van der Waals surface area contributed by atoms with Gasteiger partial charge in [0, 0.05) is 6.42 Å². The molecule has 1 rings (SSSR count). The quantitative estimate of drug-likeness (QED) is 0.420. The molecule has 14 heavy (non-hydrogen) atoms. The molecule has 0 aromatic rings. The van der Waals surface area contributed by atoms with Crippen LogP contribution < -0.4 is 0 Å². The molecule has 1 fully saturated rings. The van der Waals surface area contributed by atoms with Gasteiger partial charge in [0.05, 0.1) is 6.10 Å². The standard InChI is InChI=1S/C7H9BrO6/c8-5-4(11)3(10)2(9)1-7(5,14)6(12)13/h2-3,5,9-10,14H,1H2,(H,12,13). The number of alkyl halides is 1. The van der Waals surface area contributed by atoms with Gasteiger partial charge in [0.25, 0.3) is 0 Å². The number of Topliss-reactive ketones (excluding diaryl/α,β-unsaturated/α-hetero) is 1. The molecule has 1 aliphatic rings. The zero-order chi connectivity index (χ0) is 11.1. The van der Waals surface area contributed by atoms with Crippen LogP contribution in [0.1, 0.15) is 6.42 Å². The maximum Gasteiger partial charge on any atom is 0.337 e. The molecule has 0 aromatic heterocycles. The maximum atomic E-state index is 11.2. The number of aliphatic hydroxyl groups excluding tert-OH is 2. The zero-order valence-corrected chi connectivity index (χ0v) is 8.51. The van der Waals surface area contributed by atoms with Crippen LogP contribution in [0.3, 0.4) is 0 Å². The molecule has 0 amide bonds. The molecule has 0 radical (unpaired) electrons. The van der Waals surface area contributed by atoms with E-state index in [1.165, 1.54) is 0 Å². The number of hydrogen-bond donors (Lipinski definition) is 4. The summed E-state index contributed by atoms with van der Waals surface area (Å²) >= 11 is 2.69. The first kappa shape index (κ1) is 11.6. The van der Waals surface area contributed by atoms with Crippen molar-refractivity contribution in [1.29, 1.82) is 0 Å². The molecule has 0 saturated heterocycles. The van der Waals surface area contributed by atoms with Gasteiger partial charge in [-0.1, -0.05) is 15.9 Å². The van der Waals surface area contributed by atoms with Crippen LogP contribution >= 0.6 is 15.9 Å². The van der Waals surface area contributed by atoms with E-state index in [1.54, 1.807) is 0 Å². The molecule has 1 saturated carbocycles. The molecule has 0 spiro atoms. The van der Waals surface area contributed by atoms with Gasteiger partial charge in [-0.25, -0.2) is 4.79 Å². The molecule has 0 aromatic carbocycles. The monoisotopic (exact) mass is 268 g/mol. The minimum atomic E-state index is -2.37. The van der Waals surface area contributed by atoms with Gasteiger partial charge in [-0.3, -0.25) is 4.79 Å². The summed E-state index contributed by atoms with van der Waals surface area (Å²) < 4.78 is 0. The fourth-order valence-corrected chi connectivity index (χ4v) is 1.96. The van der Waals surface area contributed by atoms with Crippen LogP contribution in [-0.2, 0) is 9.59 Å². The summed E-state index contributed by atoms with van der Waals surface area (Å²) in [6.45, 7) is 0. The van der Waals surface area contributed by atoms with Crippen LogP contribution in [-0.4, -0.2) is 54.8 Å². The summed E-state index contributed by atoms with van der Waals surface area (Å²) in [7, 11) is 0. The molecule has 0 heterocycles. The number of aliphatic hydroxyl groups is 3. The lowest BCUT2D eigenvalue weighted by Gasteiger charge is -2.36. The van der Waals surface area contributed by atoms with Gasteiger partial charge >= 0.3 is 5.97 Å². The van der Waals surface area contributed by atoms with Crippen molar-refractivity contribution in [2.24, 2.45) is 0 Å². The van der Waals surface area contributed by atoms with E-state index in [4.69, 9.17) is 15.3 Å². The van der Waals surface area contributed by atoms with E-state index < -0.39 is 40.8 Å². The van der Waals surface area contributed by atoms with E-state index in [0.29, 0.717) is 0 Å². The van der Waals surface area contributed by atoms with Crippen LogP contribution in [0.15, 0.2) is 0 Å². The first-order valence-corrected chi connectivity index (χ1v) is 4.72. The van der Waals surface area contributed by atoms with Gasteiger partial charge < -0.3 is 20.4 Å². The second kappa shape index (κ2) is 3.58. The lowest BCUT2D eigenvalue weighted by molar-refractivity contribution is -0.174. The largest absolute Gasteiger partial charge is 0.479 e. The molecular formula is C7H9BrO6. The van der Waals surface area contributed by atoms with Crippen molar-refractivity contribution in [3.8, 4) is 0 Å². The fraction of sp³-hybridized carbons (Fsp3) is 0.714. The van der Waals surface area contributed by atoms with Crippen LogP contribution in [0.5, 0.6) is 0 Å². The molecule has 7 heteroatoms. The van der Waals surface area contributed by atoms with E-state index >= 15 is 0 Å². The number of carbonyl (C=O) groups excluding carboxylic acids is 1. The normalized spacial score (nSPS) is 43.7. The first-order chi connectivity index (χ1) is 6.30. The lowest BCUT2D eigenvalue weighted by atomic mass is 9.80. The number of carboxylic acid groups (broad SMARTS) is 1. The van der Waals surface area contributed by atoms with Crippen molar-refractivity contribution >= 4 is 27.7 Å². The zero-order valence-electron chi connectivity index (χ0n) is 6.92. The van der Waals surface area contributed by atoms with Crippen molar-refractivity contribution in [1.82, 2.24) is 0 Å². The Morgan fingerprint density at radius 1 is 1.50 bits per heavy atom. The SMILES string of the molecule is O=C1C(O)C(O)CC(O)(C(=O)O)C1Br. The molecule has 6 nitrogen and oxygen atoms in total. The first-order valence-electron chi connectivity index (χ1n) is 3.80. The molecule has 4 atom stereocenters. The van der Waals surface area contributed by atoms with E-state index in [9.17, 15) is 14.7 Å². The van der Waals surface area contributed by atoms with Gasteiger partial charge in [-0.15, -0.1) is 0 Å². The van der Waals surface area contributed by atoms with Crippen molar-refractivity contribution in [3.05, 3.63) is 0 Å². The number of aliphatic carboxylic acids is 1. The van der Waals surface area contributed by atoms with Crippen molar-refractivity contribution in [2.45, 2.75) is 29.1 Å². The highest BCUT2D eigenvalue weighted by Crippen LogP contribution is 2.32. The Morgan fingerprint density at radius 2 is 2.00 bits per heavy atom. The van der Waals surface area contributed by atoms with Gasteiger partial charge in [-0.2, -0.15) is 0 Å². The van der Waals surface area contributed by atoms with Crippen LogP contribution in [0.25, 0.3) is 0 Å². The molecule has 0 aliphatic heterocycles. The predicted octanol–water partition coefficient (Wildman–Crippen LogP) is -1.74. The Bertz CT molecular complexity index is 279.